The molecule has 6 heteroatoms. The van der Waals surface area contributed by atoms with Gasteiger partial charge in [-0.3, -0.25) is 4.79 Å². The third-order valence-electron chi connectivity index (χ3n) is 3.58. The lowest BCUT2D eigenvalue weighted by atomic mass is 10.1. The maximum absolute atomic E-state index is 12.1. The predicted molar refractivity (Wildman–Crippen MR) is 99.5 cm³/mol. The molecule has 3 N–H and O–H groups in total. The zero-order valence-corrected chi connectivity index (χ0v) is 15.4. The third-order valence-corrected chi connectivity index (χ3v) is 3.58. The SMILES string of the molecule is CCNC(=NCC(=O)Nc1cccc(CC)c1)NCC(C)(C)OC. The summed E-state index contributed by atoms with van der Waals surface area (Å²) in [6.45, 7) is 9.40. The summed E-state index contributed by atoms with van der Waals surface area (Å²) in [4.78, 5) is 16.4. The van der Waals surface area contributed by atoms with Gasteiger partial charge in [-0.15, -0.1) is 0 Å². The molecule has 1 aromatic carbocycles. The van der Waals surface area contributed by atoms with Gasteiger partial charge in [0.2, 0.25) is 5.91 Å². The van der Waals surface area contributed by atoms with Crippen LogP contribution in [0.1, 0.15) is 33.3 Å². The van der Waals surface area contributed by atoms with Crippen molar-refractivity contribution in [1.29, 1.82) is 0 Å². The van der Waals surface area contributed by atoms with Gasteiger partial charge in [0.15, 0.2) is 5.96 Å². The highest BCUT2D eigenvalue weighted by atomic mass is 16.5. The average Bonchev–Trinajstić information content (AvgIpc) is 2.57. The summed E-state index contributed by atoms with van der Waals surface area (Å²) in [5.41, 5.74) is 1.68. The van der Waals surface area contributed by atoms with Gasteiger partial charge in [0.1, 0.15) is 6.54 Å². The molecule has 0 unspecified atom stereocenters. The summed E-state index contributed by atoms with van der Waals surface area (Å²) in [5.74, 6) is 0.451. The number of anilines is 1. The largest absolute Gasteiger partial charge is 0.377 e. The van der Waals surface area contributed by atoms with Gasteiger partial charge in [-0.1, -0.05) is 19.1 Å². The number of methoxy groups -OCH3 is 1. The molecule has 24 heavy (non-hydrogen) atoms. The number of rotatable bonds is 8. The van der Waals surface area contributed by atoms with Crippen molar-refractivity contribution in [2.75, 3.05) is 32.1 Å². The van der Waals surface area contributed by atoms with Crippen molar-refractivity contribution in [2.24, 2.45) is 4.99 Å². The van der Waals surface area contributed by atoms with E-state index in [1.54, 1.807) is 7.11 Å². The molecule has 1 aromatic rings. The summed E-state index contributed by atoms with van der Waals surface area (Å²) in [6, 6.07) is 7.84. The number of nitrogens with one attached hydrogen (secondary N) is 3. The molecule has 0 aliphatic carbocycles. The standard InChI is InChI=1S/C18H30N4O2/c1-6-14-9-8-10-15(11-14)22-16(23)12-20-17(19-7-2)21-13-18(3,4)24-5/h8-11H,6-7,12-13H2,1-5H3,(H,22,23)(H2,19,20,21). The lowest BCUT2D eigenvalue weighted by Gasteiger charge is -2.24. The van der Waals surface area contributed by atoms with Gasteiger partial charge in [-0.2, -0.15) is 0 Å². The minimum atomic E-state index is -0.307. The first-order valence-corrected chi connectivity index (χ1v) is 8.36. The maximum atomic E-state index is 12.1. The Morgan fingerprint density at radius 2 is 2.00 bits per heavy atom. The summed E-state index contributed by atoms with van der Waals surface area (Å²) in [6.07, 6.45) is 0.936. The maximum Gasteiger partial charge on any atom is 0.246 e. The van der Waals surface area contributed by atoms with Crippen molar-refractivity contribution < 1.29 is 9.53 Å². The Kier molecular flexibility index (Phi) is 8.26. The first-order valence-electron chi connectivity index (χ1n) is 8.36. The monoisotopic (exact) mass is 334 g/mol. The quantitative estimate of drug-likeness (QED) is 0.503. The Labute approximate surface area is 145 Å². The van der Waals surface area contributed by atoms with Crippen LogP contribution in [0.2, 0.25) is 0 Å². The molecule has 0 aromatic heterocycles. The molecule has 0 atom stereocenters. The Hall–Kier alpha value is -2.08. The van der Waals surface area contributed by atoms with Crippen LogP contribution in [0.3, 0.4) is 0 Å². The second kappa shape index (κ2) is 9.93. The highest BCUT2D eigenvalue weighted by molar-refractivity contribution is 5.94. The number of carbonyl (C=O) groups excluding carboxylic acids is 1. The van der Waals surface area contributed by atoms with Crippen molar-refractivity contribution in [1.82, 2.24) is 10.6 Å². The molecular weight excluding hydrogens is 304 g/mol. The molecule has 134 valence electrons. The number of carbonyl (C=O) groups is 1. The van der Waals surface area contributed by atoms with E-state index in [1.807, 2.05) is 45.0 Å². The van der Waals surface area contributed by atoms with Gasteiger partial charge < -0.3 is 20.7 Å². The predicted octanol–water partition coefficient (Wildman–Crippen LogP) is 2.17. The Balaban J connectivity index is 2.59. The number of aliphatic imine (C=N–C) groups is 1. The van der Waals surface area contributed by atoms with Crippen molar-refractivity contribution in [3.8, 4) is 0 Å². The van der Waals surface area contributed by atoms with Crippen LogP contribution in [0.5, 0.6) is 0 Å². The lowest BCUT2D eigenvalue weighted by molar-refractivity contribution is -0.114. The van der Waals surface area contributed by atoms with Gasteiger partial charge in [0.25, 0.3) is 0 Å². The van der Waals surface area contributed by atoms with E-state index in [0.29, 0.717) is 12.5 Å². The van der Waals surface area contributed by atoms with E-state index in [4.69, 9.17) is 4.74 Å². The van der Waals surface area contributed by atoms with Gasteiger partial charge >= 0.3 is 0 Å². The van der Waals surface area contributed by atoms with Gasteiger partial charge in [0, 0.05) is 25.9 Å². The summed E-state index contributed by atoms with van der Waals surface area (Å²) < 4.78 is 5.37. The van der Waals surface area contributed by atoms with Gasteiger partial charge in [0.05, 0.1) is 5.60 Å². The Morgan fingerprint density at radius 3 is 2.62 bits per heavy atom. The lowest BCUT2D eigenvalue weighted by Crippen LogP contribution is -2.45. The normalized spacial score (nSPS) is 12.0. The molecule has 0 aliphatic rings. The fraction of sp³-hybridized carbons (Fsp3) is 0.556. The Morgan fingerprint density at radius 1 is 1.25 bits per heavy atom. The molecule has 0 heterocycles. The molecule has 0 spiro atoms. The molecule has 0 saturated heterocycles. The smallest absolute Gasteiger partial charge is 0.246 e. The molecule has 0 saturated carbocycles. The van der Waals surface area contributed by atoms with Crippen molar-refractivity contribution in [3.63, 3.8) is 0 Å². The van der Waals surface area contributed by atoms with Crippen LogP contribution in [0.25, 0.3) is 0 Å². The minimum absolute atomic E-state index is 0.0547. The topological polar surface area (TPSA) is 74.8 Å². The van der Waals surface area contributed by atoms with E-state index < -0.39 is 0 Å². The summed E-state index contributed by atoms with van der Waals surface area (Å²) in [7, 11) is 1.67. The molecule has 1 amide bonds. The molecule has 0 aliphatic heterocycles. The Bertz CT molecular complexity index is 556. The van der Waals surface area contributed by atoms with E-state index >= 15 is 0 Å². The third kappa shape index (κ3) is 7.46. The van der Waals surface area contributed by atoms with Crippen LogP contribution in [-0.2, 0) is 16.0 Å². The van der Waals surface area contributed by atoms with Crippen LogP contribution in [0.15, 0.2) is 29.3 Å². The average molecular weight is 334 g/mol. The minimum Gasteiger partial charge on any atom is -0.377 e. The van der Waals surface area contributed by atoms with Crippen LogP contribution in [0, 0.1) is 0 Å². The number of benzene rings is 1. The van der Waals surface area contributed by atoms with Gasteiger partial charge in [-0.25, -0.2) is 4.99 Å². The summed E-state index contributed by atoms with van der Waals surface area (Å²) >= 11 is 0. The van der Waals surface area contributed by atoms with Crippen molar-refractivity contribution in [3.05, 3.63) is 29.8 Å². The van der Waals surface area contributed by atoms with Crippen LogP contribution in [-0.4, -0.2) is 44.2 Å². The molecule has 1 rings (SSSR count). The molecule has 0 radical (unpaired) electrons. The number of hydrogen-bond acceptors (Lipinski definition) is 3. The molecular formula is C18H30N4O2. The fourth-order valence-electron chi connectivity index (χ4n) is 1.93. The second-order valence-corrected chi connectivity index (χ2v) is 6.11. The molecule has 0 fully saturated rings. The first-order chi connectivity index (χ1) is 11.4. The highest BCUT2D eigenvalue weighted by Gasteiger charge is 2.16. The van der Waals surface area contributed by atoms with E-state index in [9.17, 15) is 4.79 Å². The zero-order valence-electron chi connectivity index (χ0n) is 15.4. The zero-order chi connectivity index (χ0) is 18.0. The summed E-state index contributed by atoms with van der Waals surface area (Å²) in [5, 5.41) is 9.17. The molecule has 0 bridgehead atoms. The van der Waals surface area contributed by atoms with Crippen molar-refractivity contribution >= 4 is 17.6 Å². The van der Waals surface area contributed by atoms with Crippen molar-refractivity contribution in [2.45, 2.75) is 39.7 Å². The van der Waals surface area contributed by atoms with E-state index in [2.05, 4.69) is 27.9 Å². The van der Waals surface area contributed by atoms with Crippen LogP contribution in [0.4, 0.5) is 5.69 Å². The second-order valence-electron chi connectivity index (χ2n) is 6.11. The number of hydrogen-bond donors (Lipinski definition) is 3. The fourth-order valence-corrected chi connectivity index (χ4v) is 1.93. The van der Waals surface area contributed by atoms with E-state index in [-0.39, 0.29) is 18.1 Å². The van der Waals surface area contributed by atoms with E-state index in [1.165, 1.54) is 5.56 Å². The number of amides is 1. The number of guanidine groups is 1. The number of aryl methyl sites for hydroxylation is 1. The van der Waals surface area contributed by atoms with Crippen LogP contribution < -0.4 is 16.0 Å². The van der Waals surface area contributed by atoms with Crippen LogP contribution >= 0.6 is 0 Å². The number of nitrogens with zero attached hydrogens (tertiary/aromatic N) is 1. The van der Waals surface area contributed by atoms with Gasteiger partial charge in [-0.05, 0) is 44.9 Å². The molecule has 6 nitrogen and oxygen atoms in total. The first kappa shape index (κ1) is 20.0. The van der Waals surface area contributed by atoms with E-state index in [0.717, 1.165) is 18.7 Å². The highest BCUT2D eigenvalue weighted by Crippen LogP contribution is 2.10. The number of ether oxygens (including phenoxy) is 1.